The van der Waals surface area contributed by atoms with E-state index in [0.717, 1.165) is 5.40 Å². The average Bonchev–Trinajstić information content (AvgIpc) is 1.30. The lowest BCUT2D eigenvalue weighted by Gasteiger charge is -1.71. The second-order valence-corrected chi connectivity index (χ2v) is 3.40. The van der Waals surface area contributed by atoms with Gasteiger partial charge < -0.3 is 0 Å². The lowest BCUT2D eigenvalue weighted by atomic mass is 11.8. The Morgan fingerprint density at radius 3 is 2.14 bits per heavy atom. The fourth-order valence-electron chi connectivity index (χ4n) is 0.0445. The molecule has 0 unspecified atom stereocenters. The first-order valence-electron chi connectivity index (χ1n) is 1.08. The molecule has 7 heavy (non-hydrogen) atoms. The molecule has 0 aliphatic rings. The first kappa shape index (κ1) is 6.72. The molecule has 0 bridgehead atoms. The van der Waals surface area contributed by atoms with E-state index in [2.05, 4.69) is 0 Å². The zero-order chi connectivity index (χ0) is 5.91. The molecule has 3 nitrogen and oxygen atoms in total. The summed E-state index contributed by atoms with van der Waals surface area (Å²) in [5.41, 5.74) is 0. The zero-order valence-electron chi connectivity index (χ0n) is 2.96. The molecule has 0 aliphatic heterocycles. The SMILES string of the molecule is N#CSS(=O)(=O)F. The quantitative estimate of drug-likeness (QED) is 0.301. The van der Waals surface area contributed by atoms with Crippen molar-refractivity contribution in [1.29, 1.82) is 5.26 Å². The van der Waals surface area contributed by atoms with Gasteiger partial charge in [0.05, 0.1) is 0 Å². The van der Waals surface area contributed by atoms with Crippen LogP contribution in [0.5, 0.6) is 0 Å². The smallest absolute Gasteiger partial charge is 0.184 e. The third kappa shape index (κ3) is 5.72. The van der Waals surface area contributed by atoms with Gasteiger partial charge in [0.2, 0.25) is 0 Å². The van der Waals surface area contributed by atoms with E-state index in [1.165, 1.54) is 0 Å². The Morgan fingerprint density at radius 1 is 1.71 bits per heavy atom. The van der Waals surface area contributed by atoms with Crippen LogP contribution in [0.3, 0.4) is 0 Å². The van der Waals surface area contributed by atoms with Crippen molar-refractivity contribution in [3.63, 3.8) is 0 Å². The van der Waals surface area contributed by atoms with E-state index in [1.54, 1.807) is 0 Å². The Bertz CT molecular complexity index is 176. The first-order chi connectivity index (χ1) is 3.06. The third-order valence-corrected chi connectivity index (χ3v) is 1.23. The van der Waals surface area contributed by atoms with Crippen LogP contribution in [-0.2, 0) is 9.26 Å². The number of halogens is 1. The number of nitrogens with zero attached hydrogens (tertiary/aromatic N) is 1. The number of rotatable bonds is 1. The molecular weight excluding hydrogens is 141 g/mol. The van der Waals surface area contributed by atoms with Gasteiger partial charge in [-0.1, -0.05) is 3.89 Å². The molecule has 6 heteroatoms. The molecule has 0 atom stereocenters. The standard InChI is InChI=1S/CFNO2S2/c2-7(4,5)6-1-3. The topological polar surface area (TPSA) is 57.9 Å². The fourth-order valence-corrected chi connectivity index (χ4v) is 0.401. The first-order valence-corrected chi connectivity index (χ1v) is 3.80. The van der Waals surface area contributed by atoms with Crippen LogP contribution in [0.1, 0.15) is 0 Å². The third-order valence-electron chi connectivity index (χ3n) is 0.137. The van der Waals surface area contributed by atoms with Crippen molar-refractivity contribution in [2.45, 2.75) is 0 Å². The molecule has 0 aromatic rings. The minimum absolute atomic E-state index is 0.400. The van der Waals surface area contributed by atoms with Crippen LogP contribution in [0.15, 0.2) is 0 Å². The van der Waals surface area contributed by atoms with Crippen LogP contribution < -0.4 is 0 Å². The van der Waals surface area contributed by atoms with E-state index in [-0.39, 0.29) is 0 Å². The summed E-state index contributed by atoms with van der Waals surface area (Å²) >= 11 is 0. The predicted octanol–water partition coefficient (Wildman–Crippen LogP) is 0.415. The highest BCUT2D eigenvalue weighted by molar-refractivity contribution is 8.72. The molecule has 0 aliphatic carbocycles. The van der Waals surface area contributed by atoms with Gasteiger partial charge in [-0.2, -0.15) is 13.7 Å². The number of nitriles is 1. The summed E-state index contributed by atoms with van der Waals surface area (Å²) in [6.07, 6.45) is 0. The van der Waals surface area contributed by atoms with Crippen LogP contribution in [-0.4, -0.2) is 8.42 Å². The normalized spacial score (nSPS) is 10.3. The van der Waals surface area contributed by atoms with Crippen molar-refractivity contribution in [2.24, 2.45) is 0 Å². The Balaban J connectivity index is 3.92. The largest absolute Gasteiger partial charge is 0.371 e. The van der Waals surface area contributed by atoms with Crippen LogP contribution in [0.2, 0.25) is 0 Å². The molecule has 0 aromatic heterocycles. The fraction of sp³-hybridized carbons (Fsp3) is 0. The molecule has 0 fully saturated rings. The van der Waals surface area contributed by atoms with E-state index < -0.39 is 20.0 Å². The number of hydrogen-bond acceptors (Lipinski definition) is 4. The van der Waals surface area contributed by atoms with E-state index in [4.69, 9.17) is 5.26 Å². The van der Waals surface area contributed by atoms with Gasteiger partial charge in [0.1, 0.15) is 10.8 Å². The summed E-state index contributed by atoms with van der Waals surface area (Å²) in [6.45, 7) is 0. The second kappa shape index (κ2) is 2.14. The highest BCUT2D eigenvalue weighted by atomic mass is 33.2. The van der Waals surface area contributed by atoms with Crippen LogP contribution >= 0.6 is 10.8 Å². The van der Waals surface area contributed by atoms with Gasteiger partial charge >= 0.3 is 9.26 Å². The van der Waals surface area contributed by atoms with Gasteiger partial charge in [-0.25, -0.2) is 0 Å². The molecular formula is CFNO2S2. The molecule has 0 heterocycles. The van der Waals surface area contributed by atoms with Crippen molar-refractivity contribution in [2.75, 3.05) is 0 Å². The van der Waals surface area contributed by atoms with E-state index in [1.807, 2.05) is 0 Å². The summed E-state index contributed by atoms with van der Waals surface area (Å²) in [7, 11) is -5.02. The summed E-state index contributed by atoms with van der Waals surface area (Å²) < 4.78 is 29.7. The summed E-state index contributed by atoms with van der Waals surface area (Å²) in [6, 6.07) is 0. The van der Waals surface area contributed by atoms with Gasteiger partial charge in [0, 0.05) is 0 Å². The van der Waals surface area contributed by atoms with Crippen molar-refractivity contribution < 1.29 is 12.3 Å². The van der Waals surface area contributed by atoms with Crippen LogP contribution in [0.4, 0.5) is 3.89 Å². The van der Waals surface area contributed by atoms with Gasteiger partial charge in [0.25, 0.3) is 0 Å². The average molecular weight is 141 g/mol. The summed E-state index contributed by atoms with van der Waals surface area (Å²) in [5, 5.41) is 8.56. The van der Waals surface area contributed by atoms with E-state index >= 15 is 0 Å². The van der Waals surface area contributed by atoms with Gasteiger partial charge in [-0.15, -0.1) is 0 Å². The summed E-state index contributed by atoms with van der Waals surface area (Å²) in [4.78, 5) is 0. The molecule has 0 amide bonds. The zero-order valence-corrected chi connectivity index (χ0v) is 4.59. The summed E-state index contributed by atoms with van der Waals surface area (Å²) in [5.74, 6) is 0. The van der Waals surface area contributed by atoms with Crippen molar-refractivity contribution in [1.82, 2.24) is 0 Å². The Morgan fingerprint density at radius 2 is 2.14 bits per heavy atom. The lowest BCUT2D eigenvalue weighted by molar-refractivity contribution is 0.571. The van der Waals surface area contributed by atoms with Gasteiger partial charge in [0.15, 0.2) is 5.40 Å². The van der Waals surface area contributed by atoms with Crippen molar-refractivity contribution in [3.05, 3.63) is 0 Å². The van der Waals surface area contributed by atoms with Crippen LogP contribution in [0.25, 0.3) is 0 Å². The Labute approximate surface area is 43.7 Å². The molecule has 0 saturated heterocycles. The monoisotopic (exact) mass is 141 g/mol. The minimum atomic E-state index is -4.62. The maximum absolute atomic E-state index is 11.1. The Kier molecular flexibility index (Phi) is 2.05. The second-order valence-electron chi connectivity index (χ2n) is 0.568. The van der Waals surface area contributed by atoms with Crippen molar-refractivity contribution in [3.8, 4) is 5.40 Å². The molecule has 0 rings (SSSR count). The maximum Gasteiger partial charge on any atom is 0.371 e. The maximum atomic E-state index is 11.1. The molecule has 0 spiro atoms. The van der Waals surface area contributed by atoms with Gasteiger partial charge in [-0.3, -0.25) is 0 Å². The lowest BCUT2D eigenvalue weighted by Crippen LogP contribution is -1.74. The molecule has 0 radical (unpaired) electrons. The molecule has 0 aromatic carbocycles. The predicted molar refractivity (Wildman–Crippen MR) is 23.2 cm³/mol. The number of hydrogen-bond donors (Lipinski definition) is 0. The van der Waals surface area contributed by atoms with Crippen molar-refractivity contribution >= 4 is 20.0 Å². The molecule has 40 valence electrons. The van der Waals surface area contributed by atoms with E-state index in [9.17, 15) is 12.3 Å². The van der Waals surface area contributed by atoms with E-state index in [0.29, 0.717) is 0 Å². The minimum Gasteiger partial charge on any atom is -0.184 e. The Hall–Kier alpha value is -0.280. The molecule has 0 N–H and O–H groups in total. The number of thiocyanates is 1. The van der Waals surface area contributed by atoms with Gasteiger partial charge in [-0.05, 0) is 0 Å². The highest BCUT2D eigenvalue weighted by Crippen LogP contribution is 2.09. The molecule has 0 saturated carbocycles. The van der Waals surface area contributed by atoms with Crippen LogP contribution in [0, 0.1) is 10.7 Å². The highest BCUT2D eigenvalue weighted by Gasteiger charge is 2.04.